The van der Waals surface area contributed by atoms with Gasteiger partial charge in [0.2, 0.25) is 10.0 Å². The number of carbonyl (C=O) groups excluding carboxylic acids is 1. The van der Waals surface area contributed by atoms with Gasteiger partial charge in [-0.15, -0.1) is 0 Å². The molecule has 0 aromatic heterocycles. The molecular weight excluding hydrogens is 304 g/mol. The topological polar surface area (TPSA) is 116 Å². The van der Waals surface area contributed by atoms with Crippen molar-refractivity contribution in [2.24, 2.45) is 5.14 Å². The monoisotopic (exact) mass is 320 g/mol. The van der Waals surface area contributed by atoms with Crippen molar-refractivity contribution >= 4 is 21.6 Å². The molecule has 1 saturated heterocycles. The van der Waals surface area contributed by atoms with Gasteiger partial charge in [-0.25, -0.2) is 13.6 Å². The standard InChI is InChI=1S/C14H16N4O3S/c15-9-11(10-18-7-1-2-8-18)14(19)17-12-3-5-13(6-4-12)22(16,20)21/h3-6,10H,1-2,7-8H2,(H,17,19)(H2,16,20,21)/b11-10-. The molecule has 1 aliphatic rings. The number of rotatable bonds is 4. The normalized spacial score (nSPS) is 15.5. The van der Waals surface area contributed by atoms with E-state index >= 15 is 0 Å². The lowest BCUT2D eigenvalue weighted by Crippen LogP contribution is -2.19. The predicted molar refractivity (Wildman–Crippen MR) is 80.9 cm³/mol. The number of nitrogens with one attached hydrogen (secondary N) is 1. The van der Waals surface area contributed by atoms with Gasteiger partial charge in [0, 0.05) is 25.0 Å². The molecule has 1 aromatic carbocycles. The average molecular weight is 320 g/mol. The van der Waals surface area contributed by atoms with Crippen LogP contribution in [-0.4, -0.2) is 32.3 Å². The first kappa shape index (κ1) is 16.0. The molecule has 2 rings (SSSR count). The Hall–Kier alpha value is -2.37. The molecule has 0 saturated carbocycles. The van der Waals surface area contributed by atoms with Crippen molar-refractivity contribution in [3.63, 3.8) is 0 Å². The highest BCUT2D eigenvalue weighted by Gasteiger charge is 2.14. The van der Waals surface area contributed by atoms with Crippen LogP contribution in [0.15, 0.2) is 40.9 Å². The molecule has 22 heavy (non-hydrogen) atoms. The summed E-state index contributed by atoms with van der Waals surface area (Å²) in [7, 11) is -3.77. The molecule has 116 valence electrons. The molecule has 8 heteroatoms. The Bertz CT molecular complexity index is 726. The zero-order valence-electron chi connectivity index (χ0n) is 11.8. The second-order valence-electron chi connectivity index (χ2n) is 4.92. The number of amides is 1. The fourth-order valence-corrected chi connectivity index (χ4v) is 2.63. The number of nitriles is 1. The van der Waals surface area contributed by atoms with Crippen LogP contribution in [0.5, 0.6) is 0 Å². The van der Waals surface area contributed by atoms with Gasteiger partial charge < -0.3 is 10.2 Å². The van der Waals surface area contributed by atoms with Crippen LogP contribution in [0.4, 0.5) is 5.69 Å². The van der Waals surface area contributed by atoms with Crippen LogP contribution in [0, 0.1) is 11.3 Å². The van der Waals surface area contributed by atoms with Crippen molar-refractivity contribution in [3.8, 4) is 6.07 Å². The number of hydrogen-bond donors (Lipinski definition) is 2. The van der Waals surface area contributed by atoms with E-state index in [4.69, 9.17) is 10.4 Å². The number of hydrogen-bond acceptors (Lipinski definition) is 5. The molecule has 1 fully saturated rings. The summed E-state index contributed by atoms with van der Waals surface area (Å²) in [5.41, 5.74) is 0.400. The van der Waals surface area contributed by atoms with E-state index in [-0.39, 0.29) is 10.5 Å². The minimum Gasteiger partial charge on any atom is -0.376 e. The van der Waals surface area contributed by atoms with Crippen molar-refractivity contribution in [2.45, 2.75) is 17.7 Å². The molecule has 0 unspecified atom stereocenters. The van der Waals surface area contributed by atoms with Crippen LogP contribution < -0.4 is 10.5 Å². The third-order valence-electron chi connectivity index (χ3n) is 3.26. The second kappa shape index (κ2) is 6.60. The van der Waals surface area contributed by atoms with Crippen molar-refractivity contribution in [2.75, 3.05) is 18.4 Å². The van der Waals surface area contributed by atoms with E-state index in [1.165, 1.54) is 24.3 Å². The minimum atomic E-state index is -3.77. The molecule has 0 atom stereocenters. The lowest BCUT2D eigenvalue weighted by molar-refractivity contribution is -0.112. The van der Waals surface area contributed by atoms with Gasteiger partial charge in [0.25, 0.3) is 5.91 Å². The van der Waals surface area contributed by atoms with Gasteiger partial charge in [-0.05, 0) is 37.1 Å². The summed E-state index contributed by atoms with van der Waals surface area (Å²) < 4.78 is 22.3. The highest BCUT2D eigenvalue weighted by atomic mass is 32.2. The third kappa shape index (κ3) is 4.07. The third-order valence-corrected chi connectivity index (χ3v) is 4.19. The lowest BCUT2D eigenvalue weighted by atomic mass is 10.2. The molecule has 0 radical (unpaired) electrons. The van der Waals surface area contributed by atoms with Crippen molar-refractivity contribution in [1.82, 2.24) is 4.90 Å². The molecule has 7 nitrogen and oxygen atoms in total. The molecule has 3 N–H and O–H groups in total. The largest absolute Gasteiger partial charge is 0.376 e. The summed E-state index contributed by atoms with van der Waals surface area (Å²) >= 11 is 0. The highest BCUT2D eigenvalue weighted by molar-refractivity contribution is 7.89. The van der Waals surface area contributed by atoms with Crippen LogP contribution in [0.1, 0.15) is 12.8 Å². The van der Waals surface area contributed by atoms with Gasteiger partial charge in [0.15, 0.2) is 0 Å². The first-order chi connectivity index (χ1) is 10.4. The van der Waals surface area contributed by atoms with E-state index in [0.29, 0.717) is 5.69 Å². The summed E-state index contributed by atoms with van der Waals surface area (Å²) in [6.45, 7) is 1.67. The van der Waals surface area contributed by atoms with E-state index in [0.717, 1.165) is 25.9 Å². The molecule has 0 aliphatic carbocycles. The van der Waals surface area contributed by atoms with Crippen LogP contribution >= 0.6 is 0 Å². The first-order valence-corrected chi connectivity index (χ1v) is 8.25. The molecule has 1 heterocycles. The number of carbonyl (C=O) groups is 1. The zero-order chi connectivity index (χ0) is 16.2. The Morgan fingerprint density at radius 2 is 1.86 bits per heavy atom. The van der Waals surface area contributed by atoms with Crippen LogP contribution in [0.3, 0.4) is 0 Å². The van der Waals surface area contributed by atoms with Crippen molar-refractivity contribution in [3.05, 3.63) is 36.0 Å². The van der Waals surface area contributed by atoms with Gasteiger partial charge in [0.05, 0.1) is 4.90 Å². The summed E-state index contributed by atoms with van der Waals surface area (Å²) in [6, 6.07) is 7.30. The van der Waals surface area contributed by atoms with Gasteiger partial charge >= 0.3 is 0 Å². The van der Waals surface area contributed by atoms with E-state index in [9.17, 15) is 13.2 Å². The number of nitrogens with zero attached hydrogens (tertiary/aromatic N) is 2. The molecule has 0 bridgehead atoms. The lowest BCUT2D eigenvalue weighted by Gasteiger charge is -2.12. The fraction of sp³-hybridized carbons (Fsp3) is 0.286. The fourth-order valence-electron chi connectivity index (χ4n) is 2.12. The van der Waals surface area contributed by atoms with E-state index < -0.39 is 15.9 Å². The number of nitrogens with two attached hydrogens (primary N) is 1. The molecule has 0 spiro atoms. The molecular formula is C14H16N4O3S. The SMILES string of the molecule is N#C/C(=C/N1CCCC1)C(=O)Nc1ccc(S(N)(=O)=O)cc1. The zero-order valence-corrected chi connectivity index (χ0v) is 12.6. The smallest absolute Gasteiger partial charge is 0.267 e. The Balaban J connectivity index is 2.09. The Labute approximate surface area is 129 Å². The van der Waals surface area contributed by atoms with Crippen molar-refractivity contribution in [1.29, 1.82) is 5.26 Å². The second-order valence-corrected chi connectivity index (χ2v) is 6.48. The summed E-state index contributed by atoms with van der Waals surface area (Å²) in [6.07, 6.45) is 3.65. The van der Waals surface area contributed by atoms with E-state index in [2.05, 4.69) is 5.32 Å². The Kier molecular flexibility index (Phi) is 4.80. The van der Waals surface area contributed by atoms with Gasteiger partial charge in [-0.2, -0.15) is 5.26 Å². The maximum absolute atomic E-state index is 12.0. The number of primary sulfonamides is 1. The van der Waals surface area contributed by atoms with Crippen LogP contribution in [0.25, 0.3) is 0 Å². The van der Waals surface area contributed by atoms with E-state index in [1.54, 1.807) is 6.20 Å². The van der Waals surface area contributed by atoms with Gasteiger partial charge in [-0.1, -0.05) is 0 Å². The Morgan fingerprint density at radius 1 is 1.27 bits per heavy atom. The summed E-state index contributed by atoms with van der Waals surface area (Å²) in [5.74, 6) is -0.530. The Morgan fingerprint density at radius 3 is 2.36 bits per heavy atom. The number of likely N-dealkylation sites (tertiary alicyclic amines) is 1. The van der Waals surface area contributed by atoms with Crippen molar-refractivity contribution < 1.29 is 13.2 Å². The van der Waals surface area contributed by atoms with E-state index in [1.807, 2.05) is 11.0 Å². The maximum atomic E-state index is 12.0. The maximum Gasteiger partial charge on any atom is 0.267 e. The molecule has 1 aliphatic heterocycles. The number of anilines is 1. The molecule has 1 amide bonds. The first-order valence-electron chi connectivity index (χ1n) is 6.70. The quantitative estimate of drug-likeness (QED) is 0.628. The van der Waals surface area contributed by atoms with Crippen LogP contribution in [-0.2, 0) is 14.8 Å². The summed E-state index contributed by atoms with van der Waals surface area (Å²) in [5, 5.41) is 16.6. The summed E-state index contributed by atoms with van der Waals surface area (Å²) in [4.78, 5) is 13.9. The highest BCUT2D eigenvalue weighted by Crippen LogP contribution is 2.14. The van der Waals surface area contributed by atoms with Gasteiger partial charge in [0.1, 0.15) is 11.6 Å². The minimum absolute atomic E-state index is 0.0115. The number of benzene rings is 1. The average Bonchev–Trinajstić information content (AvgIpc) is 2.97. The molecule has 1 aromatic rings. The van der Waals surface area contributed by atoms with Crippen LogP contribution in [0.2, 0.25) is 0 Å². The number of sulfonamides is 1. The van der Waals surface area contributed by atoms with Gasteiger partial charge in [-0.3, -0.25) is 4.79 Å². The predicted octanol–water partition coefficient (Wildman–Crippen LogP) is 0.776.